The van der Waals surface area contributed by atoms with Gasteiger partial charge in [-0.15, -0.1) is 0 Å². The number of benzene rings is 1. The fraction of sp³-hybridized carbons (Fsp3) is 0.533. The summed E-state index contributed by atoms with van der Waals surface area (Å²) in [4.78, 5) is 13.4. The van der Waals surface area contributed by atoms with Gasteiger partial charge in [-0.05, 0) is 25.0 Å². The van der Waals surface area contributed by atoms with Gasteiger partial charge in [0.1, 0.15) is 11.6 Å². The number of hydrogen-bond acceptors (Lipinski definition) is 2. The lowest BCUT2D eigenvalue weighted by molar-refractivity contribution is -0.132. The van der Waals surface area contributed by atoms with E-state index in [1.807, 2.05) is 0 Å². The number of nitrogens with zero attached hydrogens (tertiary/aromatic N) is 1. The van der Waals surface area contributed by atoms with E-state index in [4.69, 9.17) is 0 Å². The third-order valence-electron chi connectivity index (χ3n) is 3.88. The van der Waals surface area contributed by atoms with Crippen molar-refractivity contribution >= 4 is 5.91 Å². The van der Waals surface area contributed by atoms with Gasteiger partial charge in [0.15, 0.2) is 0 Å². The maximum absolute atomic E-state index is 13.5. The lowest BCUT2D eigenvalue weighted by atomic mass is 10.0. The van der Waals surface area contributed by atoms with E-state index >= 15 is 0 Å². The highest BCUT2D eigenvalue weighted by molar-refractivity contribution is 5.78. The Bertz CT molecular complexity index is 478. The first kappa shape index (κ1) is 14.9. The molecule has 1 N–H and O–H groups in total. The molecule has 0 aromatic heterocycles. The van der Waals surface area contributed by atoms with E-state index in [1.54, 1.807) is 7.05 Å². The summed E-state index contributed by atoms with van der Waals surface area (Å²) >= 11 is 0. The van der Waals surface area contributed by atoms with Gasteiger partial charge in [-0.3, -0.25) is 4.79 Å². The lowest BCUT2D eigenvalue weighted by Crippen LogP contribution is -2.42. The summed E-state index contributed by atoms with van der Waals surface area (Å²) in [6, 6.07) is 3.54. The zero-order chi connectivity index (χ0) is 14.8. The second kappa shape index (κ2) is 5.87. The number of halogens is 2. The quantitative estimate of drug-likeness (QED) is 0.921. The van der Waals surface area contributed by atoms with E-state index in [-0.39, 0.29) is 18.5 Å². The van der Waals surface area contributed by atoms with Crippen LogP contribution in [-0.4, -0.2) is 35.1 Å². The molecule has 5 heteroatoms. The largest absolute Gasteiger partial charge is 0.388 e. The van der Waals surface area contributed by atoms with Crippen LogP contribution in [0.1, 0.15) is 31.2 Å². The van der Waals surface area contributed by atoms with Crippen molar-refractivity contribution in [3.8, 4) is 0 Å². The molecule has 1 aliphatic rings. The monoisotopic (exact) mass is 283 g/mol. The van der Waals surface area contributed by atoms with Crippen molar-refractivity contribution in [1.82, 2.24) is 4.90 Å². The fourth-order valence-electron chi connectivity index (χ4n) is 2.71. The van der Waals surface area contributed by atoms with Crippen LogP contribution >= 0.6 is 0 Å². The number of hydrogen-bond donors (Lipinski definition) is 1. The third-order valence-corrected chi connectivity index (χ3v) is 3.88. The third kappa shape index (κ3) is 3.33. The summed E-state index contributed by atoms with van der Waals surface area (Å²) in [6.07, 6.45) is 2.89. The Balaban J connectivity index is 2.01. The predicted molar refractivity (Wildman–Crippen MR) is 71.1 cm³/mol. The van der Waals surface area contributed by atoms with E-state index in [9.17, 15) is 18.7 Å². The molecular weight excluding hydrogens is 264 g/mol. The summed E-state index contributed by atoms with van der Waals surface area (Å²) in [5, 5.41) is 10.2. The number of carbonyl (C=O) groups is 1. The number of rotatable bonds is 4. The summed E-state index contributed by atoms with van der Waals surface area (Å²) in [5.41, 5.74) is -1.07. The highest BCUT2D eigenvalue weighted by Gasteiger charge is 2.33. The maximum atomic E-state index is 13.5. The van der Waals surface area contributed by atoms with Crippen LogP contribution in [0, 0.1) is 11.6 Å². The molecule has 110 valence electrons. The van der Waals surface area contributed by atoms with Crippen molar-refractivity contribution in [2.75, 3.05) is 13.6 Å². The van der Waals surface area contributed by atoms with Gasteiger partial charge in [-0.2, -0.15) is 0 Å². The Hall–Kier alpha value is -1.49. The Morgan fingerprint density at radius 1 is 1.30 bits per heavy atom. The molecule has 0 spiro atoms. The van der Waals surface area contributed by atoms with Crippen LogP contribution in [0.4, 0.5) is 8.78 Å². The van der Waals surface area contributed by atoms with Crippen LogP contribution in [-0.2, 0) is 11.2 Å². The molecular formula is C15H19F2NO2. The van der Waals surface area contributed by atoms with Crippen molar-refractivity contribution in [2.24, 2.45) is 0 Å². The second-order valence-corrected chi connectivity index (χ2v) is 5.56. The molecule has 3 nitrogen and oxygen atoms in total. The molecule has 0 unspecified atom stereocenters. The molecule has 0 atom stereocenters. The zero-order valence-corrected chi connectivity index (χ0v) is 11.5. The SMILES string of the molecule is CN(CC1(O)CCCC1)C(=O)Cc1c(F)cccc1F. The minimum Gasteiger partial charge on any atom is -0.388 e. The van der Waals surface area contributed by atoms with Crippen molar-refractivity contribution in [1.29, 1.82) is 0 Å². The lowest BCUT2D eigenvalue weighted by Gasteiger charge is -2.28. The summed E-state index contributed by atoms with van der Waals surface area (Å²) in [5.74, 6) is -1.83. The van der Waals surface area contributed by atoms with Gasteiger partial charge in [0.25, 0.3) is 0 Å². The van der Waals surface area contributed by atoms with Crippen molar-refractivity contribution in [3.05, 3.63) is 35.4 Å². The molecule has 0 saturated heterocycles. The number of likely N-dealkylation sites (N-methyl/N-ethyl adjacent to an activating group) is 1. The Morgan fingerprint density at radius 2 is 1.85 bits per heavy atom. The molecule has 0 aliphatic heterocycles. The Morgan fingerprint density at radius 3 is 2.40 bits per heavy atom. The van der Waals surface area contributed by atoms with Gasteiger partial charge in [0.2, 0.25) is 5.91 Å². The smallest absolute Gasteiger partial charge is 0.227 e. The highest BCUT2D eigenvalue weighted by Crippen LogP contribution is 2.30. The van der Waals surface area contributed by atoms with Gasteiger partial charge in [-0.25, -0.2) is 8.78 Å². The number of amides is 1. The van der Waals surface area contributed by atoms with E-state index in [1.165, 1.54) is 11.0 Å². The molecule has 0 radical (unpaired) electrons. The Kier molecular flexibility index (Phi) is 4.38. The molecule has 1 amide bonds. The molecule has 1 saturated carbocycles. The predicted octanol–water partition coefficient (Wildman–Crippen LogP) is 2.27. The van der Waals surface area contributed by atoms with Gasteiger partial charge in [0.05, 0.1) is 12.0 Å². The first-order chi connectivity index (χ1) is 9.41. The van der Waals surface area contributed by atoms with Gasteiger partial charge >= 0.3 is 0 Å². The fourth-order valence-corrected chi connectivity index (χ4v) is 2.71. The second-order valence-electron chi connectivity index (χ2n) is 5.56. The number of aliphatic hydroxyl groups is 1. The number of carbonyl (C=O) groups excluding carboxylic acids is 1. The van der Waals surface area contributed by atoms with Crippen LogP contribution in [0.5, 0.6) is 0 Å². The molecule has 1 aromatic carbocycles. The standard InChI is InChI=1S/C15H19F2NO2/c1-18(10-15(20)7-2-3-8-15)14(19)9-11-12(16)5-4-6-13(11)17/h4-6,20H,2-3,7-10H2,1H3. The molecule has 0 bridgehead atoms. The van der Waals surface area contributed by atoms with E-state index in [2.05, 4.69) is 0 Å². The van der Waals surface area contributed by atoms with Crippen LogP contribution in [0.25, 0.3) is 0 Å². The van der Waals surface area contributed by atoms with Crippen LogP contribution in [0.3, 0.4) is 0 Å². The molecule has 1 aromatic rings. The van der Waals surface area contributed by atoms with E-state index < -0.39 is 23.1 Å². The highest BCUT2D eigenvalue weighted by atomic mass is 19.1. The van der Waals surface area contributed by atoms with Gasteiger partial charge < -0.3 is 10.0 Å². The zero-order valence-electron chi connectivity index (χ0n) is 11.5. The molecule has 0 heterocycles. The van der Waals surface area contributed by atoms with E-state index in [0.717, 1.165) is 25.0 Å². The minimum absolute atomic E-state index is 0.210. The van der Waals surface area contributed by atoms with Crippen molar-refractivity contribution in [2.45, 2.75) is 37.7 Å². The van der Waals surface area contributed by atoms with Crippen LogP contribution < -0.4 is 0 Å². The summed E-state index contributed by atoms with van der Waals surface area (Å²) < 4.78 is 27.0. The minimum atomic E-state index is -0.849. The van der Waals surface area contributed by atoms with Crippen LogP contribution in [0.15, 0.2) is 18.2 Å². The van der Waals surface area contributed by atoms with Gasteiger partial charge in [0, 0.05) is 19.2 Å². The first-order valence-corrected chi connectivity index (χ1v) is 6.80. The molecule has 1 fully saturated rings. The van der Waals surface area contributed by atoms with Crippen LogP contribution in [0.2, 0.25) is 0 Å². The molecule has 20 heavy (non-hydrogen) atoms. The maximum Gasteiger partial charge on any atom is 0.227 e. The van der Waals surface area contributed by atoms with Crippen molar-refractivity contribution < 1.29 is 18.7 Å². The average molecular weight is 283 g/mol. The van der Waals surface area contributed by atoms with Gasteiger partial charge in [-0.1, -0.05) is 18.9 Å². The topological polar surface area (TPSA) is 40.5 Å². The molecule has 2 rings (SSSR count). The van der Waals surface area contributed by atoms with E-state index in [0.29, 0.717) is 12.8 Å². The van der Waals surface area contributed by atoms with Crippen molar-refractivity contribution in [3.63, 3.8) is 0 Å². The summed E-state index contributed by atoms with van der Waals surface area (Å²) in [7, 11) is 1.55. The Labute approximate surface area is 117 Å². The molecule has 1 aliphatic carbocycles. The first-order valence-electron chi connectivity index (χ1n) is 6.80. The normalized spacial score (nSPS) is 17.2. The average Bonchev–Trinajstić information content (AvgIpc) is 2.80. The summed E-state index contributed by atoms with van der Waals surface area (Å²) in [6.45, 7) is 0.210.